The number of H-pyrrole nitrogens is 2. The number of pyridine rings is 2. The van der Waals surface area contributed by atoms with Gasteiger partial charge in [-0.3, -0.25) is 19.2 Å². The number of aromatic amines is 2. The van der Waals surface area contributed by atoms with Crippen LogP contribution in [0.2, 0.25) is 5.15 Å². The van der Waals surface area contributed by atoms with Gasteiger partial charge >= 0.3 is 7.12 Å². The molecule has 7 heterocycles. The van der Waals surface area contributed by atoms with Gasteiger partial charge in [0.1, 0.15) is 5.15 Å². The summed E-state index contributed by atoms with van der Waals surface area (Å²) in [4.78, 5) is 63.1. The Kier molecular flexibility index (Phi) is 12.7. The Labute approximate surface area is 410 Å². The third kappa shape index (κ3) is 9.30. The lowest BCUT2D eigenvalue weighted by Gasteiger charge is -2.32. The Morgan fingerprint density at radius 2 is 1.10 bits per heavy atom. The summed E-state index contributed by atoms with van der Waals surface area (Å²) in [6.45, 7) is 13.3. The number of hydrogen-bond donors (Lipinski definition) is 6. The van der Waals surface area contributed by atoms with Crippen LogP contribution in [-0.4, -0.2) is 75.0 Å². The molecule has 3 aliphatic heterocycles. The summed E-state index contributed by atoms with van der Waals surface area (Å²) in [5.41, 5.74) is 24.1. The van der Waals surface area contributed by atoms with Crippen molar-refractivity contribution in [2.24, 2.45) is 11.5 Å². The molecule has 16 heteroatoms. The minimum Gasteiger partial charge on any atom is -0.399 e. The Morgan fingerprint density at radius 1 is 0.600 bits per heavy atom. The molecule has 4 aromatic carbocycles. The summed E-state index contributed by atoms with van der Waals surface area (Å²) in [6.07, 6.45) is 1.60. The van der Waals surface area contributed by atoms with Gasteiger partial charge in [0, 0.05) is 87.3 Å². The van der Waals surface area contributed by atoms with Gasteiger partial charge < -0.3 is 41.4 Å². The first-order valence-corrected chi connectivity index (χ1v) is 23.4. The van der Waals surface area contributed by atoms with Crippen molar-refractivity contribution < 1.29 is 28.5 Å². The highest BCUT2D eigenvalue weighted by Gasteiger charge is 2.52. The Morgan fingerprint density at radius 3 is 1.63 bits per heavy atom. The molecule has 11 rings (SSSR count). The lowest BCUT2D eigenvalue weighted by atomic mass is 9.75. The topological polar surface area (TPSA) is 220 Å². The molecule has 1 saturated heterocycles. The van der Waals surface area contributed by atoms with Crippen LogP contribution in [0, 0.1) is 13.8 Å². The molecule has 0 bridgehead atoms. The van der Waals surface area contributed by atoms with Crippen molar-refractivity contribution in [1.29, 1.82) is 0 Å². The zero-order valence-electron chi connectivity index (χ0n) is 39.7. The smallest absolute Gasteiger partial charge is 0.399 e. The first kappa shape index (κ1) is 47.5. The molecule has 70 heavy (non-hydrogen) atoms. The zero-order valence-corrected chi connectivity index (χ0v) is 40.4. The second-order valence-electron chi connectivity index (χ2n) is 18.7. The van der Waals surface area contributed by atoms with Gasteiger partial charge in [-0.25, -0.2) is 9.97 Å². The molecule has 354 valence electrons. The minimum absolute atomic E-state index is 0.0232. The number of carbonyl (C=O) groups excluding carboxylic acids is 4. The van der Waals surface area contributed by atoms with E-state index in [1.54, 1.807) is 30.3 Å². The van der Waals surface area contributed by atoms with Crippen molar-refractivity contribution in [2.45, 2.75) is 65.6 Å². The summed E-state index contributed by atoms with van der Waals surface area (Å²) in [5, 5.41) is 8.21. The summed E-state index contributed by atoms with van der Waals surface area (Å²) >= 11 is 6.02. The fourth-order valence-corrected chi connectivity index (χ4v) is 8.95. The van der Waals surface area contributed by atoms with Crippen LogP contribution in [0.4, 0.5) is 0 Å². The molecule has 0 aliphatic carbocycles. The van der Waals surface area contributed by atoms with E-state index in [2.05, 4.69) is 25.6 Å². The molecule has 8 aromatic rings. The number of benzene rings is 4. The Bertz CT molecular complexity index is 3400. The second kappa shape index (κ2) is 18.7. The molecular formula is C54H52BClN8O6. The summed E-state index contributed by atoms with van der Waals surface area (Å²) in [5.74, 6) is -0.984. The number of hydrogen-bond acceptors (Lipinski definition) is 8. The molecule has 0 saturated carbocycles. The van der Waals surface area contributed by atoms with Crippen LogP contribution in [0.5, 0.6) is 0 Å². The molecule has 4 amide bonds. The van der Waals surface area contributed by atoms with E-state index in [0.717, 1.165) is 102 Å². The van der Waals surface area contributed by atoms with Gasteiger partial charge in [0.15, 0.2) is 0 Å². The molecule has 3 aliphatic rings. The number of amides is 4. The van der Waals surface area contributed by atoms with Crippen LogP contribution < -0.4 is 27.6 Å². The van der Waals surface area contributed by atoms with Crippen molar-refractivity contribution >= 4 is 69.6 Å². The number of halogens is 1. The number of fused-ring (bicyclic) bond motifs is 4. The third-order valence-electron chi connectivity index (χ3n) is 13.5. The van der Waals surface area contributed by atoms with Crippen LogP contribution in [-0.2, 0) is 22.2 Å². The van der Waals surface area contributed by atoms with E-state index >= 15 is 0 Å². The maximum absolute atomic E-state index is 12.2. The van der Waals surface area contributed by atoms with Gasteiger partial charge in [0.25, 0.3) is 11.8 Å². The molecular weight excluding hydrogens is 903 g/mol. The number of aromatic nitrogens is 4. The van der Waals surface area contributed by atoms with E-state index in [4.69, 9.17) is 37.4 Å². The molecule has 0 radical (unpaired) electrons. The van der Waals surface area contributed by atoms with Gasteiger partial charge in [0.2, 0.25) is 11.8 Å². The summed E-state index contributed by atoms with van der Waals surface area (Å²) < 4.78 is 12.0. The van der Waals surface area contributed by atoms with Crippen LogP contribution in [0.25, 0.3) is 55.6 Å². The number of para-hydroxylation sites is 2. The standard InChI is InChI=1S/C24H20N4O2.C16H12ClN3O.C14H20BNO3/c1-13-5-6-15(23(25)29)11-17(13)19-8-7-14-3-2-4-16(22(14)28-19)21-12-18-20(27-21)9-10-26-24(18)30;17-14-5-4-9-2-1-3-10(15(9)20-14)13-8-11-12(19-13)6-7-18-16(11)21;1-9-6-7-10(12(16)17)8-11(9)15-18-13(2,3)14(4,5)19-15/h2-8,11-12,27H,9-10H2,1H3,(H2,25,29)(H,26,30);1-5,8,19H,6-7H2,(H,18,21);6-8H,1-5H3,(H2,16,17). The first-order chi connectivity index (χ1) is 33.4. The van der Waals surface area contributed by atoms with E-state index in [1.165, 1.54) is 0 Å². The van der Waals surface area contributed by atoms with Crippen molar-refractivity contribution in [3.63, 3.8) is 0 Å². The average molecular weight is 955 g/mol. The molecule has 0 unspecified atom stereocenters. The van der Waals surface area contributed by atoms with Crippen LogP contribution in [0.3, 0.4) is 0 Å². The highest BCUT2D eigenvalue weighted by atomic mass is 35.5. The van der Waals surface area contributed by atoms with E-state index in [1.807, 2.05) is 120 Å². The van der Waals surface area contributed by atoms with Crippen LogP contribution in [0.15, 0.2) is 109 Å². The number of rotatable bonds is 6. The third-order valence-corrected chi connectivity index (χ3v) is 13.7. The highest BCUT2D eigenvalue weighted by molar-refractivity contribution is 6.62. The maximum Gasteiger partial charge on any atom is 0.495 e. The van der Waals surface area contributed by atoms with E-state index in [9.17, 15) is 19.2 Å². The fourth-order valence-electron chi connectivity index (χ4n) is 8.80. The van der Waals surface area contributed by atoms with Crippen molar-refractivity contribution in [3.05, 3.63) is 159 Å². The van der Waals surface area contributed by atoms with Gasteiger partial charge in [0.05, 0.1) is 39.1 Å². The normalized spacial score (nSPS) is 15.4. The number of nitrogens with zero attached hydrogens (tertiary/aromatic N) is 2. The lowest BCUT2D eigenvalue weighted by molar-refractivity contribution is 0.00578. The van der Waals surface area contributed by atoms with Gasteiger partial charge in [-0.1, -0.05) is 71.8 Å². The molecule has 4 aromatic heterocycles. The van der Waals surface area contributed by atoms with E-state index < -0.39 is 30.1 Å². The van der Waals surface area contributed by atoms with Crippen molar-refractivity contribution in [3.8, 4) is 33.8 Å². The number of nitrogens with one attached hydrogen (secondary N) is 4. The summed E-state index contributed by atoms with van der Waals surface area (Å²) in [7, 11) is -0.468. The SMILES string of the molecule is Cc1ccc(C(N)=O)cc1-c1ccc2cccc(-c3cc4c([nH]3)CCNC4=O)c2n1.Cc1ccc(C(N)=O)cc1B1OC(C)(C)C(C)(C)O1.O=C1NCCc2[nH]c(-c3cccc4ccc(Cl)nc34)cc21. The zero-order chi connectivity index (χ0) is 49.6. The number of aryl methyl sites for hydroxylation is 2. The Hall–Kier alpha value is -7.59. The predicted molar refractivity (Wildman–Crippen MR) is 274 cm³/mol. The number of primary amides is 2. The molecule has 8 N–H and O–H groups in total. The quantitative estimate of drug-likeness (QED) is 0.0704. The monoisotopic (exact) mass is 954 g/mol. The number of nitrogens with two attached hydrogens (primary N) is 2. The number of carbonyl (C=O) groups is 4. The van der Waals surface area contributed by atoms with Gasteiger partial charge in [-0.2, -0.15) is 0 Å². The fraction of sp³-hybridized carbons (Fsp3) is 0.222. The molecule has 0 spiro atoms. The minimum atomic E-state index is -0.468. The highest BCUT2D eigenvalue weighted by Crippen LogP contribution is 2.37. The van der Waals surface area contributed by atoms with Crippen LogP contribution in [0.1, 0.15) is 91.6 Å². The van der Waals surface area contributed by atoms with E-state index in [-0.39, 0.29) is 11.8 Å². The largest absolute Gasteiger partial charge is 0.495 e. The maximum atomic E-state index is 12.2. The van der Waals surface area contributed by atoms with Gasteiger partial charge in [-0.05, 0) is 107 Å². The first-order valence-electron chi connectivity index (χ1n) is 23.0. The Balaban J connectivity index is 0.000000135. The summed E-state index contributed by atoms with van der Waals surface area (Å²) in [6, 6.07) is 34.2. The molecule has 1 fully saturated rings. The average Bonchev–Trinajstić information content (AvgIpc) is 4.03. The van der Waals surface area contributed by atoms with Crippen LogP contribution >= 0.6 is 11.6 Å². The van der Waals surface area contributed by atoms with Crippen molar-refractivity contribution in [2.75, 3.05) is 13.1 Å². The lowest BCUT2D eigenvalue weighted by Crippen LogP contribution is -2.41. The predicted octanol–water partition coefficient (Wildman–Crippen LogP) is 8.15. The second-order valence-corrected chi connectivity index (χ2v) is 19.1. The molecule has 14 nitrogen and oxygen atoms in total. The van der Waals surface area contributed by atoms with Crippen molar-refractivity contribution in [1.82, 2.24) is 30.6 Å². The molecule has 0 atom stereocenters. The van der Waals surface area contributed by atoms with E-state index in [0.29, 0.717) is 34.9 Å². The van der Waals surface area contributed by atoms with Gasteiger partial charge in [-0.15, -0.1) is 0 Å².